The number of hydrogen-bond acceptors (Lipinski definition) is 3. The summed E-state index contributed by atoms with van der Waals surface area (Å²) in [5, 5.41) is 9.00. The predicted molar refractivity (Wildman–Crippen MR) is 51.9 cm³/mol. The number of thioether (sulfide) groups is 1. The molecule has 0 fully saturated rings. The van der Waals surface area contributed by atoms with Gasteiger partial charge in [0.25, 0.3) is 0 Å². The Hall–Kier alpha value is 0.270. The minimum atomic E-state index is -0.0459. The van der Waals surface area contributed by atoms with Crippen molar-refractivity contribution < 1.29 is 5.11 Å². The molecule has 3 N–H and O–H groups in total. The highest BCUT2D eigenvalue weighted by atomic mass is 32.2. The van der Waals surface area contributed by atoms with Crippen LogP contribution in [0.5, 0.6) is 0 Å². The third-order valence-electron chi connectivity index (χ3n) is 2.00. The summed E-state index contributed by atoms with van der Waals surface area (Å²) >= 11 is 1.84. The number of aliphatic hydroxyl groups is 1. The van der Waals surface area contributed by atoms with Gasteiger partial charge in [-0.05, 0) is 31.4 Å². The van der Waals surface area contributed by atoms with Crippen LogP contribution in [0, 0.1) is 5.41 Å². The lowest BCUT2D eigenvalue weighted by Crippen LogP contribution is -2.31. The Morgan fingerprint density at radius 1 is 1.55 bits per heavy atom. The van der Waals surface area contributed by atoms with Gasteiger partial charge in [0.1, 0.15) is 0 Å². The van der Waals surface area contributed by atoms with Gasteiger partial charge in [0.15, 0.2) is 0 Å². The van der Waals surface area contributed by atoms with Crippen LogP contribution in [0.2, 0.25) is 0 Å². The van der Waals surface area contributed by atoms with E-state index in [4.69, 9.17) is 10.8 Å². The molecule has 11 heavy (non-hydrogen) atoms. The Balaban J connectivity index is 3.51. The predicted octanol–water partition coefficient (Wildman–Crippen LogP) is 1.09. The standard InChI is InChI=1S/C8H19NOS/c1-8(6-9,7-10)4-3-5-11-2/h10H,3-7,9H2,1-2H3. The largest absolute Gasteiger partial charge is 0.396 e. The van der Waals surface area contributed by atoms with Crippen molar-refractivity contribution in [3.8, 4) is 0 Å². The highest BCUT2D eigenvalue weighted by Crippen LogP contribution is 2.21. The first-order valence-electron chi connectivity index (χ1n) is 3.98. The Morgan fingerprint density at radius 2 is 2.18 bits per heavy atom. The van der Waals surface area contributed by atoms with Gasteiger partial charge >= 0.3 is 0 Å². The Labute approximate surface area is 73.6 Å². The molecular weight excluding hydrogens is 158 g/mol. The molecular formula is C8H19NOS. The topological polar surface area (TPSA) is 46.2 Å². The highest BCUT2D eigenvalue weighted by molar-refractivity contribution is 7.98. The summed E-state index contributed by atoms with van der Waals surface area (Å²) in [6, 6.07) is 0. The van der Waals surface area contributed by atoms with Crippen LogP contribution in [-0.2, 0) is 0 Å². The number of rotatable bonds is 6. The van der Waals surface area contributed by atoms with Gasteiger partial charge in [-0.15, -0.1) is 0 Å². The summed E-state index contributed by atoms with van der Waals surface area (Å²) in [6.45, 7) is 2.82. The minimum absolute atomic E-state index is 0.0459. The van der Waals surface area contributed by atoms with Crippen LogP contribution in [0.1, 0.15) is 19.8 Å². The normalized spacial score (nSPS) is 16.4. The number of aliphatic hydroxyl groups excluding tert-OH is 1. The molecule has 1 atom stereocenters. The van der Waals surface area contributed by atoms with Crippen molar-refractivity contribution in [2.75, 3.05) is 25.2 Å². The third kappa shape index (κ3) is 4.67. The van der Waals surface area contributed by atoms with Crippen molar-refractivity contribution >= 4 is 11.8 Å². The van der Waals surface area contributed by atoms with E-state index in [1.165, 1.54) is 0 Å². The van der Waals surface area contributed by atoms with E-state index in [1.807, 2.05) is 18.7 Å². The third-order valence-corrected chi connectivity index (χ3v) is 2.70. The molecule has 0 aromatic rings. The number of hydrogen-bond donors (Lipinski definition) is 2. The van der Waals surface area contributed by atoms with Crippen molar-refractivity contribution in [2.45, 2.75) is 19.8 Å². The molecule has 3 heteroatoms. The molecule has 0 aliphatic carbocycles. The number of nitrogens with two attached hydrogens (primary N) is 1. The summed E-state index contributed by atoms with van der Waals surface area (Å²) in [6.07, 6.45) is 4.27. The van der Waals surface area contributed by atoms with E-state index in [1.54, 1.807) is 0 Å². The molecule has 0 bridgehead atoms. The average Bonchev–Trinajstić information content (AvgIpc) is 2.05. The average molecular weight is 177 g/mol. The van der Waals surface area contributed by atoms with E-state index in [2.05, 4.69) is 6.26 Å². The molecule has 0 aromatic heterocycles. The van der Waals surface area contributed by atoms with E-state index in [0.29, 0.717) is 6.54 Å². The molecule has 68 valence electrons. The first kappa shape index (κ1) is 11.3. The van der Waals surface area contributed by atoms with E-state index in [-0.39, 0.29) is 12.0 Å². The SMILES string of the molecule is CSCCCC(C)(CN)CO. The maximum absolute atomic E-state index is 9.00. The molecule has 0 heterocycles. The molecule has 0 radical (unpaired) electrons. The van der Waals surface area contributed by atoms with Crippen molar-refractivity contribution in [3.05, 3.63) is 0 Å². The van der Waals surface area contributed by atoms with E-state index in [0.717, 1.165) is 18.6 Å². The van der Waals surface area contributed by atoms with Crippen molar-refractivity contribution in [2.24, 2.45) is 11.1 Å². The van der Waals surface area contributed by atoms with Gasteiger partial charge in [-0.2, -0.15) is 11.8 Å². The maximum atomic E-state index is 9.00. The lowest BCUT2D eigenvalue weighted by atomic mass is 9.87. The van der Waals surface area contributed by atoms with E-state index >= 15 is 0 Å². The Morgan fingerprint density at radius 3 is 2.55 bits per heavy atom. The van der Waals surface area contributed by atoms with Crippen LogP contribution in [0.4, 0.5) is 0 Å². The zero-order valence-corrected chi connectivity index (χ0v) is 8.28. The fourth-order valence-electron chi connectivity index (χ4n) is 0.889. The maximum Gasteiger partial charge on any atom is 0.0496 e. The second-order valence-corrected chi connectivity index (χ2v) is 4.25. The summed E-state index contributed by atoms with van der Waals surface area (Å²) < 4.78 is 0. The van der Waals surface area contributed by atoms with Gasteiger partial charge in [-0.25, -0.2) is 0 Å². The van der Waals surface area contributed by atoms with Crippen molar-refractivity contribution in [1.82, 2.24) is 0 Å². The van der Waals surface area contributed by atoms with Crippen LogP contribution in [0.15, 0.2) is 0 Å². The van der Waals surface area contributed by atoms with E-state index in [9.17, 15) is 0 Å². The van der Waals surface area contributed by atoms with Crippen LogP contribution in [0.25, 0.3) is 0 Å². The molecule has 0 aliphatic heterocycles. The smallest absolute Gasteiger partial charge is 0.0496 e. The summed E-state index contributed by atoms with van der Waals surface area (Å²) in [4.78, 5) is 0. The summed E-state index contributed by atoms with van der Waals surface area (Å²) in [5.74, 6) is 1.16. The lowest BCUT2D eigenvalue weighted by molar-refractivity contribution is 0.139. The molecule has 0 spiro atoms. The van der Waals surface area contributed by atoms with Gasteiger partial charge in [0, 0.05) is 12.0 Å². The minimum Gasteiger partial charge on any atom is -0.396 e. The van der Waals surface area contributed by atoms with Gasteiger partial charge in [0.2, 0.25) is 0 Å². The summed E-state index contributed by atoms with van der Waals surface area (Å²) in [7, 11) is 0. The Kier molecular flexibility index (Phi) is 6.01. The molecule has 0 amide bonds. The molecule has 0 rings (SSSR count). The fraction of sp³-hybridized carbons (Fsp3) is 1.00. The first-order valence-corrected chi connectivity index (χ1v) is 5.38. The monoisotopic (exact) mass is 177 g/mol. The van der Waals surface area contributed by atoms with E-state index < -0.39 is 0 Å². The second-order valence-electron chi connectivity index (χ2n) is 3.27. The van der Waals surface area contributed by atoms with Crippen molar-refractivity contribution in [1.29, 1.82) is 0 Å². The molecule has 1 unspecified atom stereocenters. The van der Waals surface area contributed by atoms with Gasteiger partial charge < -0.3 is 10.8 Å². The molecule has 0 aliphatic rings. The van der Waals surface area contributed by atoms with Crippen LogP contribution in [0.3, 0.4) is 0 Å². The zero-order valence-electron chi connectivity index (χ0n) is 7.47. The molecule has 0 saturated carbocycles. The van der Waals surface area contributed by atoms with Gasteiger partial charge in [-0.1, -0.05) is 6.92 Å². The lowest BCUT2D eigenvalue weighted by Gasteiger charge is -2.24. The van der Waals surface area contributed by atoms with Crippen LogP contribution in [-0.4, -0.2) is 30.3 Å². The van der Waals surface area contributed by atoms with Gasteiger partial charge in [0.05, 0.1) is 0 Å². The van der Waals surface area contributed by atoms with Crippen molar-refractivity contribution in [3.63, 3.8) is 0 Å². The van der Waals surface area contributed by atoms with Crippen LogP contribution < -0.4 is 5.73 Å². The summed E-state index contributed by atoms with van der Waals surface area (Å²) in [5.41, 5.74) is 5.49. The zero-order chi connectivity index (χ0) is 8.74. The molecule has 0 saturated heterocycles. The van der Waals surface area contributed by atoms with Gasteiger partial charge in [-0.3, -0.25) is 0 Å². The quantitative estimate of drug-likeness (QED) is 0.597. The Bertz CT molecular complexity index is 94.1. The fourth-order valence-corrected chi connectivity index (χ4v) is 1.32. The first-order chi connectivity index (χ1) is 5.18. The molecule has 0 aromatic carbocycles. The second kappa shape index (κ2) is 5.86. The molecule has 2 nitrogen and oxygen atoms in total. The van der Waals surface area contributed by atoms with Crippen LogP contribution >= 0.6 is 11.8 Å². The highest BCUT2D eigenvalue weighted by Gasteiger charge is 2.20.